The third-order valence-corrected chi connectivity index (χ3v) is 3.49. The molecule has 0 aliphatic heterocycles. The molecule has 1 aromatic carbocycles. The minimum atomic E-state index is -1.06. The first-order valence-electron chi connectivity index (χ1n) is 4.36. The van der Waals surface area contributed by atoms with E-state index < -0.39 is 16.8 Å². The van der Waals surface area contributed by atoms with Crippen LogP contribution in [0.2, 0.25) is 5.02 Å². The SMILES string of the molecule is CC[S@@](=O)c1ccc(C(=O)OC)c(Cl)c1. The highest BCUT2D eigenvalue weighted by atomic mass is 35.5. The van der Waals surface area contributed by atoms with Gasteiger partial charge >= 0.3 is 5.97 Å². The molecule has 0 bridgehead atoms. The fourth-order valence-corrected chi connectivity index (χ4v) is 2.20. The van der Waals surface area contributed by atoms with Crippen molar-refractivity contribution in [2.75, 3.05) is 12.9 Å². The van der Waals surface area contributed by atoms with Crippen molar-refractivity contribution < 1.29 is 13.7 Å². The Bertz CT molecular complexity index is 404. The standard InChI is InChI=1S/C10H11ClO3S/c1-3-15(13)7-4-5-8(9(11)6-7)10(12)14-2/h4-6H,3H2,1-2H3/t15-/m1/s1. The average molecular weight is 247 g/mol. The number of esters is 1. The zero-order chi connectivity index (χ0) is 11.4. The fraction of sp³-hybridized carbons (Fsp3) is 0.300. The third-order valence-electron chi connectivity index (χ3n) is 1.87. The first kappa shape index (κ1) is 12.2. The summed E-state index contributed by atoms with van der Waals surface area (Å²) in [5.41, 5.74) is 0.288. The second-order valence-corrected chi connectivity index (χ2v) is 4.91. The van der Waals surface area contributed by atoms with Crippen LogP contribution in [0.5, 0.6) is 0 Å². The van der Waals surface area contributed by atoms with Crippen LogP contribution < -0.4 is 0 Å². The molecule has 1 aromatic rings. The zero-order valence-electron chi connectivity index (χ0n) is 8.45. The normalized spacial score (nSPS) is 12.2. The van der Waals surface area contributed by atoms with Gasteiger partial charge in [-0.2, -0.15) is 0 Å². The number of rotatable bonds is 3. The molecule has 1 rings (SSSR count). The van der Waals surface area contributed by atoms with E-state index in [1.807, 2.05) is 6.92 Å². The van der Waals surface area contributed by atoms with Gasteiger partial charge in [0.2, 0.25) is 0 Å². The van der Waals surface area contributed by atoms with Crippen molar-refractivity contribution in [2.24, 2.45) is 0 Å². The van der Waals surface area contributed by atoms with E-state index in [-0.39, 0.29) is 10.6 Å². The van der Waals surface area contributed by atoms with E-state index in [1.54, 1.807) is 6.07 Å². The molecule has 0 unspecified atom stereocenters. The van der Waals surface area contributed by atoms with E-state index in [1.165, 1.54) is 19.2 Å². The molecular weight excluding hydrogens is 236 g/mol. The Morgan fingerprint density at radius 3 is 2.67 bits per heavy atom. The lowest BCUT2D eigenvalue weighted by molar-refractivity contribution is 0.0601. The molecule has 0 saturated heterocycles. The number of benzene rings is 1. The third kappa shape index (κ3) is 2.79. The van der Waals surface area contributed by atoms with Crippen molar-refractivity contribution in [3.05, 3.63) is 28.8 Å². The lowest BCUT2D eigenvalue weighted by Gasteiger charge is -2.04. The van der Waals surface area contributed by atoms with E-state index in [9.17, 15) is 9.00 Å². The van der Waals surface area contributed by atoms with Gasteiger partial charge in [-0.15, -0.1) is 0 Å². The molecule has 0 amide bonds. The Hall–Kier alpha value is -0.870. The lowest BCUT2D eigenvalue weighted by atomic mass is 10.2. The molecule has 0 aliphatic rings. The molecule has 0 heterocycles. The molecule has 0 radical (unpaired) electrons. The zero-order valence-corrected chi connectivity index (χ0v) is 10.0. The first-order chi connectivity index (χ1) is 7.10. The molecule has 0 spiro atoms. The van der Waals surface area contributed by atoms with Gasteiger partial charge in [-0.05, 0) is 18.2 Å². The maximum Gasteiger partial charge on any atom is 0.339 e. The number of hydrogen-bond donors (Lipinski definition) is 0. The Morgan fingerprint density at radius 2 is 2.20 bits per heavy atom. The van der Waals surface area contributed by atoms with Crippen molar-refractivity contribution in [3.63, 3.8) is 0 Å². The summed E-state index contributed by atoms with van der Waals surface area (Å²) in [6, 6.07) is 4.68. The van der Waals surface area contributed by atoms with Crippen molar-refractivity contribution >= 4 is 28.4 Å². The van der Waals surface area contributed by atoms with Gasteiger partial charge in [-0.1, -0.05) is 18.5 Å². The number of hydrogen-bond acceptors (Lipinski definition) is 3. The van der Waals surface area contributed by atoms with Gasteiger partial charge in [0.15, 0.2) is 0 Å². The summed E-state index contributed by atoms with van der Waals surface area (Å²) in [6.07, 6.45) is 0. The summed E-state index contributed by atoms with van der Waals surface area (Å²) >= 11 is 5.87. The van der Waals surface area contributed by atoms with E-state index in [0.717, 1.165) is 0 Å². The summed E-state index contributed by atoms with van der Waals surface area (Å²) in [6.45, 7) is 1.82. The molecule has 5 heteroatoms. The highest BCUT2D eigenvalue weighted by Crippen LogP contribution is 2.20. The number of methoxy groups -OCH3 is 1. The van der Waals surface area contributed by atoms with Crippen molar-refractivity contribution in [2.45, 2.75) is 11.8 Å². The van der Waals surface area contributed by atoms with Gasteiger partial charge < -0.3 is 4.74 Å². The van der Waals surface area contributed by atoms with Crippen LogP contribution in [0.15, 0.2) is 23.1 Å². The van der Waals surface area contributed by atoms with E-state index in [0.29, 0.717) is 10.6 Å². The van der Waals surface area contributed by atoms with Crippen LogP contribution in [-0.4, -0.2) is 23.0 Å². The molecule has 3 nitrogen and oxygen atoms in total. The summed E-state index contributed by atoms with van der Waals surface area (Å²) in [4.78, 5) is 11.8. The number of carbonyl (C=O) groups is 1. The van der Waals surface area contributed by atoms with Crippen molar-refractivity contribution in [1.29, 1.82) is 0 Å². The molecule has 82 valence electrons. The molecule has 0 aromatic heterocycles. The maximum atomic E-state index is 11.5. The summed E-state index contributed by atoms with van der Waals surface area (Å²) < 4.78 is 16.0. The van der Waals surface area contributed by atoms with Gasteiger partial charge in [0, 0.05) is 10.6 Å². The van der Waals surface area contributed by atoms with E-state index >= 15 is 0 Å². The van der Waals surface area contributed by atoms with Crippen LogP contribution in [0.3, 0.4) is 0 Å². The summed E-state index contributed by atoms with van der Waals surface area (Å²) in [5, 5.41) is 0.265. The lowest BCUT2D eigenvalue weighted by Crippen LogP contribution is -2.03. The summed E-state index contributed by atoms with van der Waals surface area (Å²) in [5.74, 6) is 0.0299. The van der Waals surface area contributed by atoms with Gasteiger partial charge in [0.1, 0.15) is 0 Å². The Balaban J connectivity index is 3.08. The topological polar surface area (TPSA) is 43.4 Å². The molecule has 0 N–H and O–H groups in total. The quantitative estimate of drug-likeness (QED) is 0.769. The van der Waals surface area contributed by atoms with Crippen LogP contribution in [0.4, 0.5) is 0 Å². The minimum Gasteiger partial charge on any atom is -0.465 e. The molecule has 0 aliphatic carbocycles. The second-order valence-electron chi connectivity index (χ2n) is 2.77. The van der Waals surface area contributed by atoms with Gasteiger partial charge in [-0.3, -0.25) is 4.21 Å². The fourth-order valence-electron chi connectivity index (χ4n) is 1.08. The molecular formula is C10H11ClO3S. The molecule has 0 fully saturated rings. The Labute approximate surface area is 95.8 Å². The number of carbonyl (C=O) groups excluding carboxylic acids is 1. The highest BCUT2D eigenvalue weighted by Gasteiger charge is 2.12. The van der Waals surface area contributed by atoms with E-state index in [4.69, 9.17) is 11.6 Å². The van der Waals surface area contributed by atoms with Crippen LogP contribution in [-0.2, 0) is 15.5 Å². The predicted octanol–water partition coefficient (Wildman–Crippen LogP) is 2.25. The number of ether oxygens (including phenoxy) is 1. The first-order valence-corrected chi connectivity index (χ1v) is 6.06. The van der Waals surface area contributed by atoms with Gasteiger partial charge in [0.05, 0.1) is 28.5 Å². The van der Waals surface area contributed by atoms with Crippen molar-refractivity contribution in [3.8, 4) is 0 Å². The molecule has 0 saturated carbocycles. The second kappa shape index (κ2) is 5.28. The van der Waals surface area contributed by atoms with Crippen LogP contribution in [0.1, 0.15) is 17.3 Å². The van der Waals surface area contributed by atoms with Gasteiger partial charge in [0.25, 0.3) is 0 Å². The monoisotopic (exact) mass is 246 g/mol. The smallest absolute Gasteiger partial charge is 0.339 e. The van der Waals surface area contributed by atoms with Crippen molar-refractivity contribution in [1.82, 2.24) is 0 Å². The van der Waals surface area contributed by atoms with Crippen LogP contribution in [0.25, 0.3) is 0 Å². The predicted molar refractivity (Wildman–Crippen MR) is 59.7 cm³/mol. The maximum absolute atomic E-state index is 11.5. The number of halogens is 1. The molecule has 15 heavy (non-hydrogen) atoms. The Morgan fingerprint density at radius 1 is 1.53 bits per heavy atom. The van der Waals surface area contributed by atoms with E-state index in [2.05, 4.69) is 4.74 Å². The largest absolute Gasteiger partial charge is 0.465 e. The van der Waals surface area contributed by atoms with Crippen LogP contribution >= 0.6 is 11.6 Å². The minimum absolute atomic E-state index is 0.265. The average Bonchev–Trinajstić information content (AvgIpc) is 2.26. The highest BCUT2D eigenvalue weighted by molar-refractivity contribution is 7.85. The van der Waals surface area contributed by atoms with Crippen LogP contribution in [0, 0.1) is 0 Å². The summed E-state index contributed by atoms with van der Waals surface area (Å²) in [7, 11) is 0.228. The molecule has 1 atom stereocenters. The Kier molecular flexibility index (Phi) is 4.29. The van der Waals surface area contributed by atoms with Gasteiger partial charge in [-0.25, -0.2) is 4.79 Å².